The molecule has 1 aliphatic rings. The van der Waals surface area contributed by atoms with Crippen molar-refractivity contribution in [3.05, 3.63) is 29.8 Å². The Balaban J connectivity index is 2.35. The van der Waals surface area contributed by atoms with Crippen LogP contribution >= 0.6 is 0 Å². The summed E-state index contributed by atoms with van der Waals surface area (Å²) in [6.45, 7) is 3.53. The van der Waals surface area contributed by atoms with Gasteiger partial charge in [0.1, 0.15) is 0 Å². The summed E-state index contributed by atoms with van der Waals surface area (Å²) >= 11 is 0. The molecular formula is C16H22N2O2S. The van der Waals surface area contributed by atoms with Crippen LogP contribution in [-0.4, -0.2) is 32.4 Å². The summed E-state index contributed by atoms with van der Waals surface area (Å²) in [5.41, 5.74) is 5.91. The largest absolute Gasteiger partial charge is 0.320 e. The summed E-state index contributed by atoms with van der Waals surface area (Å²) in [6, 6.07) is 6.90. The third-order valence-electron chi connectivity index (χ3n) is 3.89. The molecule has 0 radical (unpaired) electrons. The van der Waals surface area contributed by atoms with E-state index in [-0.39, 0.29) is 6.54 Å². The average Bonchev–Trinajstić information content (AvgIpc) is 2.53. The van der Waals surface area contributed by atoms with Crippen molar-refractivity contribution in [3.8, 4) is 11.8 Å². The van der Waals surface area contributed by atoms with Gasteiger partial charge in [-0.05, 0) is 30.9 Å². The van der Waals surface area contributed by atoms with Gasteiger partial charge in [-0.1, -0.05) is 37.3 Å². The smallest absolute Gasteiger partial charge is 0.244 e. The van der Waals surface area contributed by atoms with Gasteiger partial charge >= 0.3 is 0 Å². The van der Waals surface area contributed by atoms with Crippen LogP contribution in [-0.2, 0) is 10.0 Å². The minimum absolute atomic E-state index is 0.218. The van der Waals surface area contributed by atoms with Crippen LogP contribution < -0.4 is 5.73 Å². The number of benzene rings is 1. The van der Waals surface area contributed by atoms with Gasteiger partial charge < -0.3 is 5.73 Å². The molecule has 0 aromatic heterocycles. The monoisotopic (exact) mass is 306 g/mol. The lowest BCUT2D eigenvalue weighted by Crippen LogP contribution is -2.39. The summed E-state index contributed by atoms with van der Waals surface area (Å²) in [5, 5.41) is 0. The molecule has 1 atom stereocenters. The summed E-state index contributed by atoms with van der Waals surface area (Å²) in [5.74, 6) is 6.05. The second-order valence-corrected chi connectivity index (χ2v) is 7.19. The molecule has 2 rings (SSSR count). The number of nitrogens with two attached hydrogens (primary N) is 1. The first-order valence-corrected chi connectivity index (χ1v) is 8.81. The van der Waals surface area contributed by atoms with E-state index in [0.29, 0.717) is 29.5 Å². The van der Waals surface area contributed by atoms with Crippen molar-refractivity contribution in [3.63, 3.8) is 0 Å². The molecule has 0 bridgehead atoms. The fourth-order valence-electron chi connectivity index (χ4n) is 2.66. The Labute approximate surface area is 127 Å². The molecule has 1 heterocycles. The van der Waals surface area contributed by atoms with E-state index in [2.05, 4.69) is 18.8 Å². The molecular weight excluding hydrogens is 284 g/mol. The highest BCUT2D eigenvalue weighted by atomic mass is 32.2. The van der Waals surface area contributed by atoms with Gasteiger partial charge in [0.15, 0.2) is 0 Å². The second-order valence-electron chi connectivity index (χ2n) is 5.28. The summed E-state index contributed by atoms with van der Waals surface area (Å²) in [4.78, 5) is 0.294. The highest BCUT2D eigenvalue weighted by molar-refractivity contribution is 7.89. The SMILES string of the molecule is CCC1CCCN(S(=O)(=O)c2ccccc2C#CCN)C1. The predicted molar refractivity (Wildman–Crippen MR) is 84.1 cm³/mol. The van der Waals surface area contributed by atoms with E-state index < -0.39 is 10.0 Å². The second kappa shape index (κ2) is 7.08. The Kier molecular flexibility index (Phi) is 5.40. The predicted octanol–water partition coefficient (Wildman–Crippen LogP) is 1.81. The summed E-state index contributed by atoms with van der Waals surface area (Å²) in [6.07, 6.45) is 3.05. The zero-order chi connectivity index (χ0) is 15.3. The van der Waals surface area contributed by atoms with E-state index in [1.54, 1.807) is 28.6 Å². The standard InChI is InChI=1S/C16H22N2O2S/c1-2-14-7-6-12-18(13-14)21(19,20)16-10-4-3-8-15(16)9-5-11-17/h3-4,8,10,14H,2,6-7,11-13,17H2,1H3. The van der Waals surface area contributed by atoms with E-state index in [1.807, 2.05) is 0 Å². The number of sulfonamides is 1. The highest BCUT2D eigenvalue weighted by Gasteiger charge is 2.30. The first-order valence-electron chi connectivity index (χ1n) is 7.37. The fraction of sp³-hybridized carbons (Fsp3) is 0.500. The Morgan fingerprint density at radius 1 is 1.38 bits per heavy atom. The topological polar surface area (TPSA) is 63.4 Å². The van der Waals surface area contributed by atoms with E-state index in [0.717, 1.165) is 19.3 Å². The summed E-state index contributed by atoms with van der Waals surface area (Å²) in [7, 11) is -3.48. The van der Waals surface area contributed by atoms with Crippen molar-refractivity contribution in [2.45, 2.75) is 31.1 Å². The van der Waals surface area contributed by atoms with Crippen molar-refractivity contribution in [1.29, 1.82) is 0 Å². The first kappa shape index (κ1) is 16.0. The number of hydrogen-bond donors (Lipinski definition) is 1. The lowest BCUT2D eigenvalue weighted by atomic mass is 9.97. The van der Waals surface area contributed by atoms with Gasteiger partial charge in [-0.15, -0.1) is 0 Å². The summed E-state index contributed by atoms with van der Waals surface area (Å²) < 4.78 is 27.3. The number of rotatable bonds is 3. The molecule has 0 spiro atoms. The third kappa shape index (κ3) is 3.65. The first-order chi connectivity index (χ1) is 10.1. The Morgan fingerprint density at radius 2 is 2.14 bits per heavy atom. The minimum Gasteiger partial charge on any atom is -0.320 e. The van der Waals surface area contributed by atoms with Crippen molar-refractivity contribution < 1.29 is 8.42 Å². The molecule has 114 valence electrons. The van der Waals surface area contributed by atoms with E-state index in [9.17, 15) is 8.42 Å². The number of nitrogens with zero attached hydrogens (tertiary/aromatic N) is 1. The van der Waals surface area contributed by atoms with E-state index in [4.69, 9.17) is 5.73 Å². The maximum absolute atomic E-state index is 12.9. The van der Waals surface area contributed by atoms with Crippen LogP contribution in [0.25, 0.3) is 0 Å². The molecule has 1 aliphatic heterocycles. The molecule has 5 heteroatoms. The van der Waals surface area contributed by atoms with Crippen LogP contribution in [0.4, 0.5) is 0 Å². The molecule has 0 amide bonds. The third-order valence-corrected chi connectivity index (χ3v) is 5.81. The van der Waals surface area contributed by atoms with Gasteiger partial charge in [-0.2, -0.15) is 4.31 Å². The van der Waals surface area contributed by atoms with Gasteiger partial charge in [0.05, 0.1) is 11.4 Å². The maximum atomic E-state index is 12.9. The quantitative estimate of drug-likeness (QED) is 0.866. The molecule has 1 aromatic carbocycles. The molecule has 1 fully saturated rings. The van der Waals surface area contributed by atoms with Gasteiger partial charge in [0, 0.05) is 18.7 Å². The Morgan fingerprint density at radius 3 is 2.86 bits per heavy atom. The zero-order valence-electron chi connectivity index (χ0n) is 12.4. The number of piperidine rings is 1. The van der Waals surface area contributed by atoms with Crippen LogP contribution in [0, 0.1) is 17.8 Å². The molecule has 2 N–H and O–H groups in total. The Bertz CT molecular complexity index is 644. The zero-order valence-corrected chi connectivity index (χ0v) is 13.2. The van der Waals surface area contributed by atoms with Crippen molar-refractivity contribution in [2.24, 2.45) is 11.7 Å². The van der Waals surface area contributed by atoms with Crippen molar-refractivity contribution in [2.75, 3.05) is 19.6 Å². The van der Waals surface area contributed by atoms with Crippen LogP contribution in [0.1, 0.15) is 31.7 Å². The van der Waals surface area contributed by atoms with Gasteiger partial charge in [0.2, 0.25) is 10.0 Å². The fourth-order valence-corrected chi connectivity index (χ4v) is 4.36. The van der Waals surface area contributed by atoms with Gasteiger partial charge in [-0.3, -0.25) is 0 Å². The molecule has 0 saturated carbocycles. The van der Waals surface area contributed by atoms with Crippen LogP contribution in [0.2, 0.25) is 0 Å². The maximum Gasteiger partial charge on any atom is 0.244 e. The molecule has 4 nitrogen and oxygen atoms in total. The van der Waals surface area contributed by atoms with E-state index in [1.165, 1.54) is 0 Å². The molecule has 1 unspecified atom stereocenters. The van der Waals surface area contributed by atoms with Crippen LogP contribution in [0.5, 0.6) is 0 Å². The molecule has 1 aromatic rings. The van der Waals surface area contributed by atoms with E-state index >= 15 is 0 Å². The average molecular weight is 306 g/mol. The molecule has 21 heavy (non-hydrogen) atoms. The van der Waals surface area contributed by atoms with Gasteiger partial charge in [0.25, 0.3) is 0 Å². The lowest BCUT2D eigenvalue weighted by Gasteiger charge is -2.31. The lowest BCUT2D eigenvalue weighted by molar-refractivity contribution is 0.261. The van der Waals surface area contributed by atoms with Gasteiger partial charge in [-0.25, -0.2) is 8.42 Å². The number of hydrogen-bond acceptors (Lipinski definition) is 3. The molecule has 1 saturated heterocycles. The van der Waals surface area contributed by atoms with Crippen LogP contribution in [0.3, 0.4) is 0 Å². The highest BCUT2D eigenvalue weighted by Crippen LogP contribution is 2.26. The van der Waals surface area contributed by atoms with Crippen LogP contribution in [0.15, 0.2) is 29.2 Å². The van der Waals surface area contributed by atoms with Crippen molar-refractivity contribution in [1.82, 2.24) is 4.31 Å². The minimum atomic E-state index is -3.48. The molecule has 0 aliphatic carbocycles. The Hall–Kier alpha value is -1.35. The normalized spacial score (nSPS) is 19.8. The van der Waals surface area contributed by atoms with Crippen molar-refractivity contribution >= 4 is 10.0 Å².